The van der Waals surface area contributed by atoms with Crippen molar-refractivity contribution in [3.05, 3.63) is 53.2 Å². The molecule has 0 unspecified atom stereocenters. The fourth-order valence-electron chi connectivity index (χ4n) is 3.61. The highest BCUT2D eigenvalue weighted by Crippen LogP contribution is 2.38. The van der Waals surface area contributed by atoms with E-state index in [9.17, 15) is 4.79 Å². The van der Waals surface area contributed by atoms with Crippen molar-refractivity contribution in [2.45, 2.75) is 38.0 Å². The Morgan fingerprint density at radius 1 is 1.19 bits per heavy atom. The molecule has 3 aromatic rings. The van der Waals surface area contributed by atoms with Crippen LogP contribution >= 0.6 is 11.6 Å². The number of pyridine rings is 1. The molecule has 0 spiro atoms. The van der Waals surface area contributed by atoms with Gasteiger partial charge in [-0.3, -0.25) is 14.5 Å². The molecule has 1 saturated carbocycles. The molecule has 1 N–H and O–H groups in total. The third kappa shape index (κ3) is 4.06. The molecule has 1 aliphatic carbocycles. The first kappa shape index (κ1) is 17.8. The highest BCUT2D eigenvalue weighted by atomic mass is 35.5. The average molecular weight is 385 g/mol. The summed E-state index contributed by atoms with van der Waals surface area (Å²) in [5.41, 5.74) is 1.77. The second kappa shape index (κ2) is 7.96. The first-order chi connectivity index (χ1) is 13.2. The monoisotopic (exact) mass is 384 g/mol. The number of hydrogen-bond acceptors (Lipinski definition) is 4. The molecule has 2 heterocycles. The Hall–Kier alpha value is -2.60. The molecule has 0 atom stereocenters. The number of fused-ring (bicyclic) bond motifs is 1. The maximum absolute atomic E-state index is 12.3. The average Bonchev–Trinajstić information content (AvgIpc) is 3.10. The Morgan fingerprint density at radius 3 is 2.89 bits per heavy atom. The summed E-state index contributed by atoms with van der Waals surface area (Å²) in [6.07, 6.45) is 7.78. The van der Waals surface area contributed by atoms with Gasteiger partial charge in [-0.1, -0.05) is 36.9 Å². The van der Waals surface area contributed by atoms with Crippen LogP contribution in [0.5, 0.6) is 5.75 Å². The van der Waals surface area contributed by atoms with Crippen LogP contribution < -0.4 is 10.1 Å². The number of amides is 1. The van der Waals surface area contributed by atoms with Gasteiger partial charge in [0.2, 0.25) is 5.95 Å². The molecule has 0 bridgehead atoms. The van der Waals surface area contributed by atoms with Crippen molar-refractivity contribution in [1.82, 2.24) is 14.6 Å². The van der Waals surface area contributed by atoms with Gasteiger partial charge in [0.15, 0.2) is 12.3 Å². The van der Waals surface area contributed by atoms with E-state index in [1.165, 1.54) is 19.3 Å². The molecule has 1 aromatic carbocycles. The number of hydrogen-bond donors (Lipinski definition) is 1. The van der Waals surface area contributed by atoms with E-state index in [0.717, 1.165) is 24.2 Å². The van der Waals surface area contributed by atoms with E-state index >= 15 is 0 Å². The van der Waals surface area contributed by atoms with Crippen molar-refractivity contribution >= 4 is 29.1 Å². The van der Waals surface area contributed by atoms with Crippen LogP contribution in [0.2, 0.25) is 5.02 Å². The lowest BCUT2D eigenvalue weighted by Crippen LogP contribution is -2.22. The van der Waals surface area contributed by atoms with E-state index in [1.807, 2.05) is 30.3 Å². The van der Waals surface area contributed by atoms with Gasteiger partial charge in [0.1, 0.15) is 5.75 Å². The van der Waals surface area contributed by atoms with Crippen LogP contribution in [0.25, 0.3) is 5.65 Å². The van der Waals surface area contributed by atoms with E-state index < -0.39 is 0 Å². The maximum atomic E-state index is 12.3. The minimum absolute atomic E-state index is 0.0941. The smallest absolute Gasteiger partial charge is 0.264 e. The predicted molar refractivity (Wildman–Crippen MR) is 104 cm³/mol. The zero-order chi connectivity index (χ0) is 18.6. The number of aromatic nitrogens is 3. The molecule has 7 heteroatoms. The first-order valence-electron chi connectivity index (χ1n) is 9.22. The molecule has 4 rings (SSSR count). The zero-order valence-electron chi connectivity index (χ0n) is 14.9. The summed E-state index contributed by atoms with van der Waals surface area (Å²) in [5.74, 6) is 1.27. The lowest BCUT2D eigenvalue weighted by atomic mass is 9.84. The van der Waals surface area contributed by atoms with Gasteiger partial charge >= 0.3 is 0 Å². The molecule has 0 radical (unpaired) electrons. The summed E-state index contributed by atoms with van der Waals surface area (Å²) in [5, 5.41) is 11.5. The summed E-state index contributed by atoms with van der Waals surface area (Å²) < 4.78 is 7.56. The van der Waals surface area contributed by atoms with Crippen LogP contribution in [0.4, 0.5) is 5.95 Å². The largest absolute Gasteiger partial charge is 0.483 e. The van der Waals surface area contributed by atoms with Gasteiger partial charge in [0.25, 0.3) is 5.91 Å². The van der Waals surface area contributed by atoms with Crippen molar-refractivity contribution in [3.8, 4) is 5.75 Å². The molecule has 0 aliphatic heterocycles. The van der Waals surface area contributed by atoms with Crippen LogP contribution in [0, 0.1) is 0 Å². The number of ether oxygens (including phenoxy) is 1. The van der Waals surface area contributed by atoms with Gasteiger partial charge in [-0.05, 0) is 54.7 Å². The molecule has 2 aromatic heterocycles. The van der Waals surface area contributed by atoms with Gasteiger partial charge in [0.05, 0.1) is 0 Å². The number of nitrogens with one attached hydrogen (secondary N) is 1. The van der Waals surface area contributed by atoms with Crippen molar-refractivity contribution in [3.63, 3.8) is 0 Å². The summed E-state index contributed by atoms with van der Waals surface area (Å²) in [4.78, 5) is 12.3. The standard InChI is InChI=1S/C20H21ClN4O2/c21-15-9-10-17(16(12-15)14-6-2-1-3-7-14)27-13-19(26)22-20-24-23-18-8-4-5-11-25(18)20/h4-5,8-12,14H,1-3,6-7,13H2,(H,22,24,26). The van der Waals surface area contributed by atoms with Gasteiger partial charge < -0.3 is 4.74 Å². The van der Waals surface area contributed by atoms with E-state index in [4.69, 9.17) is 16.3 Å². The van der Waals surface area contributed by atoms with Crippen molar-refractivity contribution < 1.29 is 9.53 Å². The Bertz CT molecular complexity index is 950. The Morgan fingerprint density at radius 2 is 2.04 bits per heavy atom. The van der Waals surface area contributed by atoms with Gasteiger partial charge in [-0.2, -0.15) is 0 Å². The lowest BCUT2D eigenvalue weighted by Gasteiger charge is -2.24. The number of anilines is 1. The molecule has 6 nitrogen and oxygen atoms in total. The van der Waals surface area contributed by atoms with Gasteiger partial charge in [-0.15, -0.1) is 10.2 Å². The quantitative estimate of drug-likeness (QED) is 0.705. The fourth-order valence-corrected chi connectivity index (χ4v) is 3.79. The molecule has 1 amide bonds. The Labute approximate surface area is 162 Å². The third-order valence-electron chi connectivity index (χ3n) is 4.94. The van der Waals surface area contributed by atoms with Crippen LogP contribution in [-0.4, -0.2) is 27.1 Å². The summed E-state index contributed by atoms with van der Waals surface area (Å²) >= 11 is 6.20. The van der Waals surface area contributed by atoms with Crippen LogP contribution in [-0.2, 0) is 4.79 Å². The molecule has 27 heavy (non-hydrogen) atoms. The van der Waals surface area contributed by atoms with E-state index in [-0.39, 0.29) is 12.5 Å². The minimum atomic E-state index is -0.280. The molecule has 140 valence electrons. The highest BCUT2D eigenvalue weighted by Gasteiger charge is 2.20. The molecule has 1 aliphatic rings. The number of nitrogens with zero attached hydrogens (tertiary/aromatic N) is 3. The third-order valence-corrected chi connectivity index (χ3v) is 5.18. The topological polar surface area (TPSA) is 68.5 Å². The molecule has 1 fully saturated rings. The van der Waals surface area contributed by atoms with Crippen molar-refractivity contribution in [1.29, 1.82) is 0 Å². The Balaban J connectivity index is 1.44. The maximum Gasteiger partial charge on any atom is 0.264 e. The summed E-state index contributed by atoms with van der Waals surface area (Å²) in [6.45, 7) is -0.0941. The summed E-state index contributed by atoms with van der Waals surface area (Å²) in [6, 6.07) is 11.2. The second-order valence-electron chi connectivity index (χ2n) is 6.81. The molecular formula is C20H21ClN4O2. The second-order valence-corrected chi connectivity index (χ2v) is 7.24. The minimum Gasteiger partial charge on any atom is -0.483 e. The van der Waals surface area contributed by atoms with Crippen LogP contribution in [0.15, 0.2) is 42.6 Å². The van der Waals surface area contributed by atoms with E-state index in [0.29, 0.717) is 22.5 Å². The predicted octanol–water partition coefficient (Wildman–Crippen LogP) is 4.45. The fraction of sp³-hybridized carbons (Fsp3) is 0.350. The van der Waals surface area contributed by atoms with E-state index in [1.54, 1.807) is 16.7 Å². The first-order valence-corrected chi connectivity index (χ1v) is 9.60. The van der Waals surface area contributed by atoms with Gasteiger partial charge in [0, 0.05) is 11.2 Å². The number of rotatable bonds is 5. The SMILES string of the molecule is O=C(COc1ccc(Cl)cc1C1CCCCC1)Nc1nnc2ccccn12. The van der Waals surface area contributed by atoms with Crippen LogP contribution in [0.3, 0.4) is 0 Å². The molecule has 0 saturated heterocycles. The zero-order valence-corrected chi connectivity index (χ0v) is 15.7. The van der Waals surface area contributed by atoms with Crippen molar-refractivity contribution in [2.75, 3.05) is 11.9 Å². The highest BCUT2D eigenvalue weighted by molar-refractivity contribution is 6.30. The lowest BCUT2D eigenvalue weighted by molar-refractivity contribution is -0.118. The number of carbonyl (C=O) groups excluding carboxylic acids is 1. The van der Waals surface area contributed by atoms with Crippen molar-refractivity contribution in [2.24, 2.45) is 0 Å². The summed E-state index contributed by atoms with van der Waals surface area (Å²) in [7, 11) is 0. The Kier molecular flexibility index (Phi) is 5.25. The van der Waals surface area contributed by atoms with Gasteiger partial charge in [-0.25, -0.2) is 0 Å². The number of benzene rings is 1. The van der Waals surface area contributed by atoms with E-state index in [2.05, 4.69) is 15.5 Å². The normalized spacial score (nSPS) is 15.0. The van der Waals surface area contributed by atoms with Crippen LogP contribution in [0.1, 0.15) is 43.6 Å². The number of carbonyl (C=O) groups is 1. The number of halogens is 1. The molecular weight excluding hydrogens is 364 g/mol.